The van der Waals surface area contributed by atoms with Crippen LogP contribution in [-0.2, 0) is 4.79 Å². The first-order valence-corrected chi connectivity index (χ1v) is 11.1. The molecule has 1 unspecified atom stereocenters. The minimum absolute atomic E-state index is 0. The third kappa shape index (κ3) is 5.99. The van der Waals surface area contributed by atoms with Crippen molar-refractivity contribution in [2.24, 2.45) is 0 Å². The molecule has 1 N–H and O–H groups in total. The summed E-state index contributed by atoms with van der Waals surface area (Å²) in [5, 5.41) is 11.5. The van der Waals surface area contributed by atoms with Gasteiger partial charge in [-0.2, -0.15) is 5.06 Å². The lowest BCUT2D eigenvalue weighted by molar-refractivity contribution is -0.118. The predicted octanol–water partition coefficient (Wildman–Crippen LogP) is 5.80. The van der Waals surface area contributed by atoms with Gasteiger partial charge in [0, 0.05) is 35.0 Å². The molecule has 1 amide bonds. The summed E-state index contributed by atoms with van der Waals surface area (Å²) in [7, 11) is 1.61. The largest absolute Gasteiger partial charge is 0.497 e. The molecule has 1 heterocycles. The molecule has 6 nitrogen and oxygen atoms in total. The van der Waals surface area contributed by atoms with E-state index in [9.17, 15) is 10.0 Å². The van der Waals surface area contributed by atoms with Gasteiger partial charge in [-0.15, -0.1) is 12.4 Å². The quantitative estimate of drug-likeness (QED) is 0.375. The average Bonchev–Trinajstić information content (AvgIpc) is 3.09. The van der Waals surface area contributed by atoms with Gasteiger partial charge in [0.25, 0.3) is 0 Å². The molecule has 0 bridgehead atoms. The maximum Gasteiger partial charge on any atom is 0.225 e. The van der Waals surface area contributed by atoms with Crippen molar-refractivity contribution in [3.63, 3.8) is 0 Å². The van der Waals surface area contributed by atoms with Crippen LogP contribution < -0.4 is 14.4 Å². The summed E-state index contributed by atoms with van der Waals surface area (Å²) in [5.74, 6) is 1.32. The Hall–Kier alpha value is -1.64. The van der Waals surface area contributed by atoms with Gasteiger partial charge >= 0.3 is 0 Å². The number of fused-ring (bicyclic) bond motifs is 1. The van der Waals surface area contributed by atoms with E-state index >= 15 is 0 Å². The van der Waals surface area contributed by atoms with Crippen molar-refractivity contribution in [1.29, 1.82) is 0 Å². The van der Waals surface area contributed by atoms with E-state index in [-0.39, 0.29) is 29.7 Å². The molecular weight excluding hydrogens is 459 g/mol. The third-order valence-electron chi connectivity index (χ3n) is 4.86. The Kier molecular flexibility index (Phi) is 9.33. The number of carbonyl (C=O) groups excluding carboxylic acids is 1. The number of benzene rings is 2. The monoisotopic (exact) mass is 486 g/mol. The van der Waals surface area contributed by atoms with Crippen LogP contribution in [-0.4, -0.2) is 42.5 Å². The second-order valence-electron chi connectivity index (χ2n) is 7.33. The zero-order valence-corrected chi connectivity index (χ0v) is 20.4. The Labute approximate surface area is 198 Å². The number of anilines is 1. The number of nitrogens with zero attached hydrogens (tertiary/aromatic N) is 2. The highest BCUT2D eigenvalue weighted by Gasteiger charge is 2.36. The first-order chi connectivity index (χ1) is 14.3. The summed E-state index contributed by atoms with van der Waals surface area (Å²) in [6.07, 6.45) is 0.671. The van der Waals surface area contributed by atoms with Gasteiger partial charge in [-0.3, -0.25) is 9.69 Å². The van der Waals surface area contributed by atoms with Crippen molar-refractivity contribution in [3.8, 4) is 11.5 Å². The fraction of sp³-hybridized carbons (Fsp3) is 0.409. The molecule has 0 saturated heterocycles. The van der Waals surface area contributed by atoms with Crippen molar-refractivity contribution in [3.05, 3.63) is 47.0 Å². The standard InChI is InChI=1S/C22H27ClN2O4S.ClH/c1-14(2)24(27)10-5-11-29-20-9-7-17(28-4)13-18(20)22-25(15(3)26)19-8-6-16(23)12-21(19)30-22;/h6-9,12-14,22,27H,5,10-11H2,1-4H3;1H. The number of methoxy groups -OCH3 is 1. The van der Waals surface area contributed by atoms with Crippen LogP contribution in [0.3, 0.4) is 0 Å². The predicted molar refractivity (Wildman–Crippen MR) is 127 cm³/mol. The number of rotatable bonds is 8. The lowest BCUT2D eigenvalue weighted by Gasteiger charge is -2.26. The smallest absolute Gasteiger partial charge is 0.225 e. The van der Waals surface area contributed by atoms with Crippen LogP contribution in [0.1, 0.15) is 38.1 Å². The molecule has 0 aromatic heterocycles. The zero-order valence-electron chi connectivity index (χ0n) is 18.0. The van der Waals surface area contributed by atoms with E-state index in [4.69, 9.17) is 21.1 Å². The van der Waals surface area contributed by atoms with E-state index in [0.717, 1.165) is 16.1 Å². The molecule has 1 atom stereocenters. The minimum Gasteiger partial charge on any atom is -0.497 e. The lowest BCUT2D eigenvalue weighted by Crippen LogP contribution is -2.29. The molecule has 3 rings (SSSR count). The van der Waals surface area contributed by atoms with Crippen LogP contribution in [0, 0.1) is 0 Å². The molecule has 9 heteroatoms. The van der Waals surface area contributed by atoms with E-state index in [1.165, 1.54) is 5.06 Å². The number of halogens is 2. The Balaban J connectivity index is 0.00000341. The van der Waals surface area contributed by atoms with Crippen molar-refractivity contribution >= 4 is 47.4 Å². The van der Waals surface area contributed by atoms with Crippen LogP contribution in [0.25, 0.3) is 0 Å². The van der Waals surface area contributed by atoms with Gasteiger partial charge in [0.05, 0.1) is 19.4 Å². The molecule has 2 aromatic carbocycles. The average molecular weight is 487 g/mol. The molecule has 1 aliphatic rings. The number of hydrogen-bond donors (Lipinski definition) is 1. The molecule has 0 spiro atoms. The number of ether oxygens (including phenoxy) is 2. The van der Waals surface area contributed by atoms with Crippen LogP contribution in [0.15, 0.2) is 41.3 Å². The van der Waals surface area contributed by atoms with Crippen LogP contribution in [0.5, 0.6) is 11.5 Å². The van der Waals surface area contributed by atoms with E-state index in [0.29, 0.717) is 36.1 Å². The highest BCUT2D eigenvalue weighted by Crippen LogP contribution is 2.54. The molecular formula is C22H28Cl2N2O4S. The third-order valence-corrected chi connectivity index (χ3v) is 6.37. The normalized spacial score (nSPS) is 15.1. The molecule has 0 radical (unpaired) electrons. The molecule has 31 heavy (non-hydrogen) atoms. The summed E-state index contributed by atoms with van der Waals surface area (Å²) < 4.78 is 11.5. The fourth-order valence-electron chi connectivity index (χ4n) is 3.26. The van der Waals surface area contributed by atoms with Crippen molar-refractivity contribution in [2.45, 2.75) is 43.5 Å². The minimum atomic E-state index is -0.286. The number of carbonyl (C=O) groups is 1. The van der Waals surface area contributed by atoms with E-state index < -0.39 is 0 Å². The molecule has 170 valence electrons. The zero-order chi connectivity index (χ0) is 21.8. The van der Waals surface area contributed by atoms with Crippen molar-refractivity contribution in [1.82, 2.24) is 5.06 Å². The fourth-order valence-corrected chi connectivity index (χ4v) is 4.90. The topological polar surface area (TPSA) is 62.2 Å². The Morgan fingerprint density at radius 1 is 1.29 bits per heavy atom. The first-order valence-electron chi connectivity index (χ1n) is 9.84. The van der Waals surface area contributed by atoms with Crippen LogP contribution in [0.2, 0.25) is 5.02 Å². The van der Waals surface area contributed by atoms with Gasteiger partial charge < -0.3 is 14.7 Å². The summed E-state index contributed by atoms with van der Waals surface area (Å²) in [5.41, 5.74) is 1.69. The molecule has 2 aromatic rings. The summed E-state index contributed by atoms with van der Waals surface area (Å²) in [4.78, 5) is 15.2. The molecule has 0 saturated carbocycles. The highest BCUT2D eigenvalue weighted by molar-refractivity contribution is 8.00. The molecule has 1 aliphatic heterocycles. The molecule has 0 aliphatic carbocycles. The maximum absolute atomic E-state index is 12.5. The van der Waals surface area contributed by atoms with Gasteiger partial charge in [0.2, 0.25) is 5.91 Å². The Morgan fingerprint density at radius 3 is 2.68 bits per heavy atom. The SMILES string of the molecule is COc1ccc(OCCCN(O)C(C)C)c(C2Sc3cc(Cl)ccc3N2C(C)=O)c1.Cl. The highest BCUT2D eigenvalue weighted by atomic mass is 35.5. The first kappa shape index (κ1) is 25.6. The Morgan fingerprint density at radius 2 is 2.03 bits per heavy atom. The summed E-state index contributed by atoms with van der Waals surface area (Å²) >= 11 is 7.73. The lowest BCUT2D eigenvalue weighted by atomic mass is 10.1. The van der Waals surface area contributed by atoms with Gasteiger partial charge in [-0.1, -0.05) is 23.4 Å². The van der Waals surface area contributed by atoms with E-state index in [2.05, 4.69) is 0 Å². The number of thioether (sulfide) groups is 1. The number of hydrogen-bond acceptors (Lipinski definition) is 6. The van der Waals surface area contributed by atoms with Crippen molar-refractivity contribution in [2.75, 3.05) is 25.2 Å². The number of amides is 1. The maximum atomic E-state index is 12.5. The van der Waals surface area contributed by atoms with Gasteiger partial charge in [0.15, 0.2) is 0 Å². The summed E-state index contributed by atoms with van der Waals surface area (Å²) in [6, 6.07) is 11.2. The van der Waals surface area contributed by atoms with Crippen LogP contribution in [0.4, 0.5) is 5.69 Å². The number of hydroxylamine groups is 2. The second kappa shape index (κ2) is 11.3. The molecule has 0 fully saturated rings. The van der Waals surface area contributed by atoms with Crippen LogP contribution >= 0.6 is 35.8 Å². The van der Waals surface area contributed by atoms with E-state index in [1.54, 1.807) is 36.8 Å². The van der Waals surface area contributed by atoms with Gasteiger partial charge in [0.1, 0.15) is 16.9 Å². The van der Waals surface area contributed by atoms with Gasteiger partial charge in [-0.05, 0) is 56.7 Å². The van der Waals surface area contributed by atoms with E-state index in [1.807, 2.05) is 44.2 Å². The van der Waals surface area contributed by atoms with Crippen molar-refractivity contribution < 1.29 is 19.5 Å². The summed E-state index contributed by atoms with van der Waals surface area (Å²) in [6.45, 7) is 6.38. The van der Waals surface area contributed by atoms with Gasteiger partial charge in [-0.25, -0.2) is 0 Å². The second-order valence-corrected chi connectivity index (χ2v) is 8.89. The Bertz CT molecular complexity index is 913.